The fourth-order valence-electron chi connectivity index (χ4n) is 2.99. The van der Waals surface area contributed by atoms with Crippen LogP contribution in [-0.2, 0) is 14.6 Å². The molecule has 2 rings (SSSR count). The molecule has 1 aliphatic carbocycles. The number of rotatable bonds is 3. The summed E-state index contributed by atoms with van der Waals surface area (Å²) in [6.45, 7) is 2.06. The number of sulfone groups is 1. The SMILES string of the molecule is CC1CCC(NC(=O)NC2CCS(=O)(=O)C2)(C(=O)O)CC1. The van der Waals surface area contributed by atoms with Gasteiger partial charge in [-0.05, 0) is 38.0 Å². The first-order valence-corrected chi connectivity index (χ1v) is 9.07. The summed E-state index contributed by atoms with van der Waals surface area (Å²) in [6.07, 6.45) is 2.70. The lowest BCUT2D eigenvalue weighted by Gasteiger charge is -2.36. The second kappa shape index (κ2) is 5.82. The van der Waals surface area contributed by atoms with Crippen LogP contribution in [0.1, 0.15) is 39.0 Å². The van der Waals surface area contributed by atoms with Crippen LogP contribution in [0.2, 0.25) is 0 Å². The highest BCUT2D eigenvalue weighted by Gasteiger charge is 2.43. The molecule has 0 aromatic rings. The predicted octanol–water partition coefficient (Wildman–Crippen LogP) is 0.506. The Morgan fingerprint density at radius 3 is 2.29 bits per heavy atom. The zero-order valence-corrected chi connectivity index (χ0v) is 12.9. The van der Waals surface area contributed by atoms with Gasteiger partial charge in [-0.1, -0.05) is 6.92 Å². The second-order valence-electron chi connectivity index (χ2n) is 6.27. The van der Waals surface area contributed by atoms with Crippen LogP contribution in [0.4, 0.5) is 4.79 Å². The largest absolute Gasteiger partial charge is 0.480 e. The highest BCUT2D eigenvalue weighted by Crippen LogP contribution is 2.32. The first-order chi connectivity index (χ1) is 9.72. The summed E-state index contributed by atoms with van der Waals surface area (Å²) in [7, 11) is -3.07. The smallest absolute Gasteiger partial charge is 0.329 e. The Morgan fingerprint density at radius 2 is 1.81 bits per heavy atom. The summed E-state index contributed by atoms with van der Waals surface area (Å²) in [4.78, 5) is 23.5. The quantitative estimate of drug-likeness (QED) is 0.701. The highest BCUT2D eigenvalue weighted by molar-refractivity contribution is 7.91. The summed E-state index contributed by atoms with van der Waals surface area (Å²) in [6, 6.07) is -1.02. The number of nitrogens with one attached hydrogen (secondary N) is 2. The third-order valence-corrected chi connectivity index (χ3v) is 6.23. The maximum Gasteiger partial charge on any atom is 0.329 e. The van der Waals surface area contributed by atoms with Gasteiger partial charge in [-0.15, -0.1) is 0 Å². The average molecular weight is 318 g/mol. The number of urea groups is 1. The highest BCUT2D eigenvalue weighted by atomic mass is 32.2. The van der Waals surface area contributed by atoms with Crippen molar-refractivity contribution in [1.29, 1.82) is 0 Å². The van der Waals surface area contributed by atoms with Crippen molar-refractivity contribution in [1.82, 2.24) is 10.6 Å². The molecule has 1 heterocycles. The molecule has 0 aromatic heterocycles. The van der Waals surface area contributed by atoms with Gasteiger partial charge in [-0.3, -0.25) is 0 Å². The van der Waals surface area contributed by atoms with Crippen LogP contribution in [0.25, 0.3) is 0 Å². The molecule has 0 spiro atoms. The molecule has 1 saturated heterocycles. The van der Waals surface area contributed by atoms with E-state index >= 15 is 0 Å². The molecule has 0 aromatic carbocycles. The zero-order chi connectivity index (χ0) is 15.7. The monoisotopic (exact) mass is 318 g/mol. The molecule has 0 radical (unpaired) electrons. The predicted molar refractivity (Wildman–Crippen MR) is 76.7 cm³/mol. The van der Waals surface area contributed by atoms with E-state index in [4.69, 9.17) is 0 Å². The van der Waals surface area contributed by atoms with Gasteiger partial charge in [0.15, 0.2) is 9.84 Å². The first-order valence-electron chi connectivity index (χ1n) is 7.25. The molecule has 2 aliphatic rings. The molecule has 3 N–H and O–H groups in total. The maximum atomic E-state index is 12.0. The molecule has 21 heavy (non-hydrogen) atoms. The van der Waals surface area contributed by atoms with Crippen LogP contribution in [0.3, 0.4) is 0 Å². The average Bonchev–Trinajstić information content (AvgIpc) is 2.71. The van der Waals surface area contributed by atoms with Crippen molar-refractivity contribution < 1.29 is 23.1 Å². The molecule has 1 aliphatic heterocycles. The molecule has 8 heteroatoms. The summed E-state index contributed by atoms with van der Waals surface area (Å²) < 4.78 is 22.7. The molecule has 2 fully saturated rings. The normalized spacial score (nSPS) is 35.1. The summed E-state index contributed by atoms with van der Waals surface area (Å²) in [5, 5.41) is 14.6. The van der Waals surface area contributed by atoms with Gasteiger partial charge in [0.2, 0.25) is 0 Å². The van der Waals surface area contributed by atoms with E-state index in [1.807, 2.05) is 0 Å². The Hall–Kier alpha value is -1.31. The van der Waals surface area contributed by atoms with Crippen molar-refractivity contribution in [3.8, 4) is 0 Å². The number of amides is 2. The second-order valence-corrected chi connectivity index (χ2v) is 8.50. The van der Waals surface area contributed by atoms with E-state index in [0.717, 1.165) is 12.8 Å². The van der Waals surface area contributed by atoms with E-state index in [2.05, 4.69) is 17.6 Å². The van der Waals surface area contributed by atoms with Crippen LogP contribution in [-0.4, -0.2) is 48.6 Å². The van der Waals surface area contributed by atoms with Gasteiger partial charge in [0.1, 0.15) is 5.54 Å². The molecule has 1 unspecified atom stereocenters. The maximum absolute atomic E-state index is 12.0. The van der Waals surface area contributed by atoms with E-state index in [0.29, 0.717) is 25.2 Å². The number of carboxylic acid groups (broad SMARTS) is 1. The fraction of sp³-hybridized carbons (Fsp3) is 0.846. The lowest BCUT2D eigenvalue weighted by Crippen LogP contribution is -2.59. The lowest BCUT2D eigenvalue weighted by molar-refractivity contribution is -0.146. The van der Waals surface area contributed by atoms with Crippen molar-refractivity contribution >= 4 is 21.8 Å². The molecular formula is C13H22N2O5S. The van der Waals surface area contributed by atoms with E-state index in [1.54, 1.807) is 0 Å². The summed E-state index contributed by atoms with van der Waals surface area (Å²) in [5.74, 6) is -0.567. The fourth-order valence-corrected chi connectivity index (χ4v) is 4.67. The van der Waals surface area contributed by atoms with Crippen LogP contribution in [0.15, 0.2) is 0 Å². The Bertz CT molecular complexity index is 523. The third-order valence-electron chi connectivity index (χ3n) is 4.46. The Labute approximate surface area is 124 Å². The van der Waals surface area contributed by atoms with Gasteiger partial charge >= 0.3 is 12.0 Å². The van der Waals surface area contributed by atoms with Crippen LogP contribution in [0.5, 0.6) is 0 Å². The van der Waals surface area contributed by atoms with Crippen molar-refractivity contribution in [3.05, 3.63) is 0 Å². The third kappa shape index (κ3) is 3.87. The number of carboxylic acids is 1. The number of aliphatic carboxylic acids is 1. The van der Waals surface area contributed by atoms with Crippen molar-refractivity contribution in [3.63, 3.8) is 0 Å². The van der Waals surface area contributed by atoms with Gasteiger partial charge < -0.3 is 15.7 Å². The molecule has 1 saturated carbocycles. The van der Waals surface area contributed by atoms with Gasteiger partial charge in [-0.2, -0.15) is 0 Å². The lowest BCUT2D eigenvalue weighted by atomic mass is 9.77. The number of hydrogen-bond acceptors (Lipinski definition) is 4. The van der Waals surface area contributed by atoms with E-state index in [9.17, 15) is 23.1 Å². The van der Waals surface area contributed by atoms with Gasteiger partial charge in [0.05, 0.1) is 11.5 Å². The molecule has 120 valence electrons. The van der Waals surface area contributed by atoms with Gasteiger partial charge in [0, 0.05) is 6.04 Å². The minimum absolute atomic E-state index is 0.0690. The molecular weight excluding hydrogens is 296 g/mol. The van der Waals surface area contributed by atoms with Crippen LogP contribution >= 0.6 is 0 Å². The van der Waals surface area contributed by atoms with Gasteiger partial charge in [0.25, 0.3) is 0 Å². The van der Waals surface area contributed by atoms with Gasteiger partial charge in [-0.25, -0.2) is 18.0 Å². The molecule has 7 nitrogen and oxygen atoms in total. The van der Waals surface area contributed by atoms with Crippen LogP contribution < -0.4 is 10.6 Å². The van der Waals surface area contributed by atoms with Crippen molar-refractivity contribution in [2.75, 3.05) is 11.5 Å². The number of carbonyl (C=O) groups is 2. The topological polar surface area (TPSA) is 113 Å². The zero-order valence-electron chi connectivity index (χ0n) is 12.1. The Balaban J connectivity index is 1.95. The van der Waals surface area contributed by atoms with Crippen molar-refractivity contribution in [2.24, 2.45) is 5.92 Å². The molecule has 0 bridgehead atoms. The molecule has 2 amide bonds. The van der Waals surface area contributed by atoms with Crippen molar-refractivity contribution in [2.45, 2.75) is 50.6 Å². The standard InChI is InChI=1S/C13H22N2O5S/c1-9-2-5-13(6-3-9,11(16)17)15-12(18)14-10-4-7-21(19,20)8-10/h9-10H,2-8H2,1H3,(H,16,17)(H2,14,15,18). The minimum Gasteiger partial charge on any atom is -0.480 e. The van der Waals surface area contributed by atoms with E-state index in [-0.39, 0.29) is 11.5 Å². The van der Waals surface area contributed by atoms with Crippen LogP contribution in [0, 0.1) is 5.92 Å². The van der Waals surface area contributed by atoms with E-state index < -0.39 is 33.4 Å². The van der Waals surface area contributed by atoms with E-state index in [1.165, 1.54) is 0 Å². The molecule has 1 atom stereocenters. The minimum atomic E-state index is -3.07. The number of carbonyl (C=O) groups excluding carboxylic acids is 1. The first kappa shape index (κ1) is 16.1. The number of hydrogen-bond donors (Lipinski definition) is 3. The Morgan fingerprint density at radius 1 is 1.19 bits per heavy atom. The Kier molecular flexibility index (Phi) is 4.46. The summed E-state index contributed by atoms with van der Waals surface area (Å²) >= 11 is 0. The summed E-state index contributed by atoms with van der Waals surface area (Å²) in [5.41, 5.74) is -1.23.